The molecule has 0 aromatic carbocycles. The molecule has 3 aromatic rings. The lowest BCUT2D eigenvalue weighted by molar-refractivity contribution is -0.139. The molecular formula is C20H23N5O2. The summed E-state index contributed by atoms with van der Waals surface area (Å²) in [7, 11) is 0. The Bertz CT molecular complexity index is 878. The van der Waals surface area contributed by atoms with Gasteiger partial charge in [0.1, 0.15) is 5.82 Å². The Morgan fingerprint density at radius 2 is 2.19 bits per heavy atom. The number of fused-ring (bicyclic) bond motifs is 1. The SMILES string of the molecule is O=C(O)CC1CCN(Cc2ccccn2)CC1Cc1nc2ccncc2[nH]1. The molecule has 7 nitrogen and oxygen atoms in total. The highest BCUT2D eigenvalue weighted by Crippen LogP contribution is 2.30. The number of likely N-dealkylation sites (tertiary alicyclic amines) is 1. The lowest BCUT2D eigenvalue weighted by Crippen LogP contribution is -2.41. The molecule has 1 aliphatic rings. The predicted octanol–water partition coefficient (Wildman–Crippen LogP) is 2.51. The van der Waals surface area contributed by atoms with Crippen molar-refractivity contribution < 1.29 is 9.90 Å². The van der Waals surface area contributed by atoms with Crippen molar-refractivity contribution in [2.24, 2.45) is 11.8 Å². The molecule has 0 saturated carbocycles. The minimum atomic E-state index is -0.725. The first-order valence-electron chi connectivity index (χ1n) is 9.30. The van der Waals surface area contributed by atoms with Crippen LogP contribution in [0.3, 0.4) is 0 Å². The van der Waals surface area contributed by atoms with Gasteiger partial charge in [0.15, 0.2) is 0 Å². The van der Waals surface area contributed by atoms with E-state index in [1.54, 1.807) is 12.4 Å². The normalized spacial score (nSPS) is 20.7. The summed E-state index contributed by atoms with van der Waals surface area (Å²) in [6.07, 6.45) is 7.15. The molecule has 0 amide bonds. The summed E-state index contributed by atoms with van der Waals surface area (Å²) in [6, 6.07) is 7.84. The quantitative estimate of drug-likeness (QED) is 0.697. The van der Waals surface area contributed by atoms with Crippen molar-refractivity contribution in [1.29, 1.82) is 0 Å². The fraction of sp³-hybridized carbons (Fsp3) is 0.400. The Morgan fingerprint density at radius 3 is 2.96 bits per heavy atom. The van der Waals surface area contributed by atoms with E-state index in [9.17, 15) is 9.90 Å². The van der Waals surface area contributed by atoms with Crippen LogP contribution >= 0.6 is 0 Å². The molecule has 3 aromatic heterocycles. The molecule has 0 bridgehead atoms. The van der Waals surface area contributed by atoms with Gasteiger partial charge in [-0.2, -0.15) is 0 Å². The number of carboxylic acids is 1. The van der Waals surface area contributed by atoms with Gasteiger partial charge in [0, 0.05) is 38.3 Å². The van der Waals surface area contributed by atoms with E-state index in [0.717, 1.165) is 55.0 Å². The summed E-state index contributed by atoms with van der Waals surface area (Å²) in [6.45, 7) is 2.54. The lowest BCUT2D eigenvalue weighted by Gasteiger charge is -2.37. The third-order valence-corrected chi connectivity index (χ3v) is 5.31. The van der Waals surface area contributed by atoms with Crippen molar-refractivity contribution in [3.8, 4) is 0 Å². The maximum Gasteiger partial charge on any atom is 0.303 e. The first kappa shape index (κ1) is 17.6. The molecule has 1 saturated heterocycles. The molecule has 0 aliphatic carbocycles. The van der Waals surface area contributed by atoms with E-state index >= 15 is 0 Å². The first-order chi connectivity index (χ1) is 13.2. The molecule has 27 heavy (non-hydrogen) atoms. The number of imidazole rings is 1. The Hall–Kier alpha value is -2.80. The molecule has 1 fully saturated rings. The molecular weight excluding hydrogens is 342 g/mol. The second-order valence-corrected chi connectivity index (χ2v) is 7.24. The second-order valence-electron chi connectivity index (χ2n) is 7.24. The van der Waals surface area contributed by atoms with Crippen molar-refractivity contribution in [3.63, 3.8) is 0 Å². The molecule has 2 atom stereocenters. The topological polar surface area (TPSA) is 95.0 Å². The third kappa shape index (κ3) is 4.31. The maximum atomic E-state index is 11.3. The molecule has 2 N–H and O–H groups in total. The maximum absolute atomic E-state index is 11.3. The molecule has 4 heterocycles. The van der Waals surface area contributed by atoms with Gasteiger partial charge in [-0.1, -0.05) is 6.07 Å². The number of rotatable bonds is 6. The number of piperidine rings is 1. The minimum Gasteiger partial charge on any atom is -0.481 e. The average Bonchev–Trinajstić information content (AvgIpc) is 3.07. The Kier molecular flexibility index (Phi) is 5.11. The predicted molar refractivity (Wildman–Crippen MR) is 101 cm³/mol. The fourth-order valence-corrected chi connectivity index (χ4v) is 4.00. The highest BCUT2D eigenvalue weighted by molar-refractivity contribution is 5.73. The standard InChI is InChI=1S/C20H23N5O2/c26-20(27)10-14-5-8-25(13-16-3-1-2-6-22-16)12-15(14)9-19-23-17-4-7-21-11-18(17)24-19/h1-4,6-7,11,14-15H,5,8-10,12-13H2,(H,23,24)(H,26,27). The molecule has 140 valence electrons. The van der Waals surface area contributed by atoms with Crippen LogP contribution in [0.25, 0.3) is 11.0 Å². The first-order valence-corrected chi connectivity index (χ1v) is 9.30. The number of aliphatic carboxylic acids is 1. The number of carbonyl (C=O) groups is 1. The zero-order valence-electron chi connectivity index (χ0n) is 15.1. The Morgan fingerprint density at radius 1 is 1.26 bits per heavy atom. The number of H-pyrrole nitrogens is 1. The van der Waals surface area contributed by atoms with Crippen molar-refractivity contribution in [2.75, 3.05) is 13.1 Å². The van der Waals surface area contributed by atoms with Crippen LogP contribution < -0.4 is 0 Å². The number of pyridine rings is 2. The number of hydrogen-bond acceptors (Lipinski definition) is 5. The molecule has 0 spiro atoms. The molecule has 4 rings (SSSR count). The molecule has 7 heteroatoms. The Labute approximate surface area is 157 Å². The second kappa shape index (κ2) is 7.84. The van der Waals surface area contributed by atoms with Crippen LogP contribution in [0.5, 0.6) is 0 Å². The summed E-state index contributed by atoms with van der Waals surface area (Å²) in [5.41, 5.74) is 2.86. The number of aromatic amines is 1. The van der Waals surface area contributed by atoms with Gasteiger partial charge in [0.25, 0.3) is 0 Å². The van der Waals surface area contributed by atoms with E-state index in [2.05, 4.69) is 24.8 Å². The van der Waals surface area contributed by atoms with Crippen LogP contribution in [0.15, 0.2) is 42.9 Å². The van der Waals surface area contributed by atoms with E-state index in [1.165, 1.54) is 0 Å². The summed E-state index contributed by atoms with van der Waals surface area (Å²) >= 11 is 0. The van der Waals surface area contributed by atoms with Crippen molar-refractivity contribution in [3.05, 3.63) is 54.4 Å². The van der Waals surface area contributed by atoms with Gasteiger partial charge in [-0.05, 0) is 43.0 Å². The van der Waals surface area contributed by atoms with Gasteiger partial charge in [-0.15, -0.1) is 0 Å². The monoisotopic (exact) mass is 365 g/mol. The van der Waals surface area contributed by atoms with Gasteiger partial charge < -0.3 is 10.1 Å². The smallest absolute Gasteiger partial charge is 0.303 e. The third-order valence-electron chi connectivity index (χ3n) is 5.31. The minimum absolute atomic E-state index is 0.161. The number of carboxylic acid groups (broad SMARTS) is 1. The number of aromatic nitrogens is 4. The lowest BCUT2D eigenvalue weighted by atomic mass is 9.81. The summed E-state index contributed by atoms with van der Waals surface area (Å²) in [4.78, 5) is 30.2. The van der Waals surface area contributed by atoms with E-state index in [4.69, 9.17) is 0 Å². The van der Waals surface area contributed by atoms with Crippen LogP contribution in [-0.2, 0) is 17.8 Å². The van der Waals surface area contributed by atoms with Crippen molar-refractivity contribution in [1.82, 2.24) is 24.8 Å². The summed E-state index contributed by atoms with van der Waals surface area (Å²) in [5, 5.41) is 9.31. The Balaban J connectivity index is 1.50. The average molecular weight is 365 g/mol. The number of nitrogens with one attached hydrogen (secondary N) is 1. The number of hydrogen-bond donors (Lipinski definition) is 2. The van der Waals surface area contributed by atoms with Gasteiger partial charge in [0.2, 0.25) is 0 Å². The summed E-state index contributed by atoms with van der Waals surface area (Å²) < 4.78 is 0. The molecule has 0 radical (unpaired) electrons. The van der Waals surface area contributed by atoms with E-state index in [0.29, 0.717) is 0 Å². The summed E-state index contributed by atoms with van der Waals surface area (Å²) in [5.74, 6) is 0.580. The largest absolute Gasteiger partial charge is 0.481 e. The fourth-order valence-electron chi connectivity index (χ4n) is 4.00. The van der Waals surface area contributed by atoms with Crippen LogP contribution in [0.1, 0.15) is 24.4 Å². The van der Waals surface area contributed by atoms with Gasteiger partial charge in [-0.25, -0.2) is 4.98 Å². The zero-order valence-corrected chi connectivity index (χ0v) is 15.1. The van der Waals surface area contributed by atoms with Crippen LogP contribution in [-0.4, -0.2) is 49.0 Å². The van der Waals surface area contributed by atoms with Crippen molar-refractivity contribution >= 4 is 17.0 Å². The van der Waals surface area contributed by atoms with Gasteiger partial charge >= 0.3 is 5.97 Å². The van der Waals surface area contributed by atoms with Crippen LogP contribution in [0, 0.1) is 11.8 Å². The van der Waals surface area contributed by atoms with Crippen LogP contribution in [0.4, 0.5) is 0 Å². The van der Waals surface area contributed by atoms with E-state index in [-0.39, 0.29) is 18.3 Å². The number of nitrogens with zero attached hydrogens (tertiary/aromatic N) is 4. The molecule has 1 aliphatic heterocycles. The van der Waals surface area contributed by atoms with Crippen LogP contribution in [0.2, 0.25) is 0 Å². The van der Waals surface area contributed by atoms with E-state index in [1.807, 2.05) is 30.5 Å². The highest BCUT2D eigenvalue weighted by atomic mass is 16.4. The zero-order chi connectivity index (χ0) is 18.6. The molecule has 2 unspecified atom stereocenters. The highest BCUT2D eigenvalue weighted by Gasteiger charge is 2.31. The van der Waals surface area contributed by atoms with E-state index < -0.39 is 5.97 Å². The van der Waals surface area contributed by atoms with Crippen molar-refractivity contribution in [2.45, 2.75) is 25.8 Å². The van der Waals surface area contributed by atoms with Gasteiger partial charge in [0.05, 0.1) is 22.9 Å². The van der Waals surface area contributed by atoms with Gasteiger partial charge in [-0.3, -0.25) is 19.7 Å².